The molecular formula is C19H20N2OS3. The number of anilines is 1. The maximum Gasteiger partial charge on any atom is 0.282 e. The van der Waals surface area contributed by atoms with E-state index in [0.29, 0.717) is 12.2 Å². The van der Waals surface area contributed by atoms with Gasteiger partial charge in [0, 0.05) is 16.7 Å². The molecule has 0 fully saturated rings. The van der Waals surface area contributed by atoms with Crippen LogP contribution < -0.4 is 10.9 Å². The van der Waals surface area contributed by atoms with Gasteiger partial charge in [0.25, 0.3) is 5.56 Å². The van der Waals surface area contributed by atoms with Gasteiger partial charge in [-0.3, -0.25) is 9.17 Å². The summed E-state index contributed by atoms with van der Waals surface area (Å²) in [4.78, 5) is 13.4. The molecular weight excluding hydrogens is 368 g/mol. The fourth-order valence-electron chi connectivity index (χ4n) is 2.51. The minimum Gasteiger partial charge on any atom is -0.375 e. The van der Waals surface area contributed by atoms with Crippen molar-refractivity contribution >= 4 is 40.7 Å². The molecule has 3 nitrogen and oxygen atoms in total. The van der Waals surface area contributed by atoms with E-state index in [4.69, 9.17) is 0 Å². The summed E-state index contributed by atoms with van der Waals surface area (Å²) in [5, 5.41) is 3.63. The van der Waals surface area contributed by atoms with E-state index in [9.17, 15) is 4.79 Å². The number of H-pyrrole nitrogens is 1. The molecule has 0 aliphatic rings. The quantitative estimate of drug-likeness (QED) is 0.515. The molecule has 3 aromatic rings. The van der Waals surface area contributed by atoms with Gasteiger partial charge >= 0.3 is 0 Å². The predicted molar refractivity (Wildman–Crippen MR) is 111 cm³/mol. The first-order chi connectivity index (χ1) is 12.2. The average molecular weight is 389 g/mol. The second-order valence-corrected chi connectivity index (χ2v) is 8.81. The fraction of sp³-hybridized carbons (Fsp3) is 0.211. The lowest BCUT2D eigenvalue weighted by molar-refractivity contribution is 1.07. The molecule has 6 heteroatoms. The number of benzene rings is 2. The Bertz CT molecular complexity index is 874. The lowest BCUT2D eigenvalue weighted by Crippen LogP contribution is -2.10. The molecule has 0 radical (unpaired) electrons. The van der Waals surface area contributed by atoms with Crippen LogP contribution in [0.3, 0.4) is 0 Å². The van der Waals surface area contributed by atoms with E-state index in [-0.39, 0.29) is 10.8 Å². The van der Waals surface area contributed by atoms with Crippen molar-refractivity contribution in [1.82, 2.24) is 4.37 Å². The van der Waals surface area contributed by atoms with E-state index in [1.54, 1.807) is 23.5 Å². The summed E-state index contributed by atoms with van der Waals surface area (Å²) in [6.07, 6.45) is 2.07. The smallest absolute Gasteiger partial charge is 0.282 e. The van der Waals surface area contributed by atoms with Crippen LogP contribution in [0, 0.1) is 0 Å². The van der Waals surface area contributed by atoms with Gasteiger partial charge in [0.1, 0.15) is 9.90 Å². The SMILES string of the molecule is CSc1ccccc1CNc1c(SC(C)c2ccccc2)s[nH]c1=O. The molecule has 0 spiro atoms. The minimum atomic E-state index is -0.0469. The maximum atomic E-state index is 12.2. The first-order valence-electron chi connectivity index (χ1n) is 7.98. The lowest BCUT2D eigenvalue weighted by Gasteiger charge is -2.12. The Kier molecular flexibility index (Phi) is 6.29. The van der Waals surface area contributed by atoms with Crippen molar-refractivity contribution in [3.05, 3.63) is 76.1 Å². The number of aromatic amines is 1. The molecule has 0 aliphatic carbocycles. The molecule has 2 aromatic carbocycles. The highest BCUT2D eigenvalue weighted by molar-refractivity contribution is 8.01. The van der Waals surface area contributed by atoms with E-state index in [1.807, 2.05) is 30.3 Å². The zero-order valence-electron chi connectivity index (χ0n) is 14.1. The standard InChI is InChI=1S/C19H20N2OS3/c1-13(14-8-4-3-5-9-14)24-19-17(18(22)21-25-19)20-12-15-10-6-7-11-16(15)23-2/h3-11,13,20H,12H2,1-2H3,(H,21,22). The van der Waals surface area contributed by atoms with E-state index in [1.165, 1.54) is 27.6 Å². The van der Waals surface area contributed by atoms with Crippen LogP contribution in [-0.4, -0.2) is 10.6 Å². The van der Waals surface area contributed by atoms with Gasteiger partial charge in [0.05, 0.1) is 0 Å². The topological polar surface area (TPSA) is 44.9 Å². The van der Waals surface area contributed by atoms with Gasteiger partial charge < -0.3 is 5.32 Å². The summed E-state index contributed by atoms with van der Waals surface area (Å²) < 4.78 is 3.86. The Hall–Kier alpha value is -1.63. The van der Waals surface area contributed by atoms with E-state index < -0.39 is 0 Å². The lowest BCUT2D eigenvalue weighted by atomic mass is 10.2. The Morgan fingerprint density at radius 3 is 2.60 bits per heavy atom. The molecule has 1 unspecified atom stereocenters. The van der Waals surface area contributed by atoms with Crippen LogP contribution in [0.15, 0.2) is 68.5 Å². The van der Waals surface area contributed by atoms with Gasteiger partial charge in [-0.1, -0.05) is 48.5 Å². The highest BCUT2D eigenvalue weighted by Gasteiger charge is 2.15. The van der Waals surface area contributed by atoms with E-state index in [2.05, 4.69) is 47.1 Å². The Morgan fingerprint density at radius 1 is 1.12 bits per heavy atom. The monoisotopic (exact) mass is 388 g/mol. The number of rotatable bonds is 7. The molecule has 0 saturated carbocycles. The van der Waals surface area contributed by atoms with Crippen LogP contribution in [0.2, 0.25) is 0 Å². The number of nitrogens with one attached hydrogen (secondary N) is 2. The summed E-state index contributed by atoms with van der Waals surface area (Å²) >= 11 is 4.83. The third-order valence-corrected chi connectivity index (χ3v) is 6.97. The average Bonchev–Trinajstić information content (AvgIpc) is 3.00. The van der Waals surface area contributed by atoms with Gasteiger partial charge in [0.15, 0.2) is 0 Å². The first-order valence-corrected chi connectivity index (χ1v) is 10.9. The number of aromatic nitrogens is 1. The van der Waals surface area contributed by atoms with Gasteiger partial charge in [-0.25, -0.2) is 0 Å². The zero-order chi connectivity index (χ0) is 17.6. The van der Waals surface area contributed by atoms with Crippen molar-refractivity contribution in [3.8, 4) is 0 Å². The largest absolute Gasteiger partial charge is 0.375 e. The van der Waals surface area contributed by atoms with Crippen molar-refractivity contribution in [2.75, 3.05) is 11.6 Å². The molecule has 1 heterocycles. The van der Waals surface area contributed by atoms with Crippen molar-refractivity contribution in [2.24, 2.45) is 0 Å². The van der Waals surface area contributed by atoms with Crippen LogP contribution in [0.5, 0.6) is 0 Å². The minimum absolute atomic E-state index is 0.0469. The number of hydrogen-bond donors (Lipinski definition) is 2. The molecule has 0 amide bonds. The Morgan fingerprint density at radius 2 is 1.84 bits per heavy atom. The summed E-state index contributed by atoms with van der Waals surface area (Å²) in [6, 6.07) is 18.6. The van der Waals surface area contributed by atoms with Crippen molar-refractivity contribution in [1.29, 1.82) is 0 Å². The van der Waals surface area contributed by atoms with Crippen molar-refractivity contribution < 1.29 is 0 Å². The second kappa shape index (κ2) is 8.65. The molecule has 1 atom stereocenters. The molecule has 0 aliphatic heterocycles. The Labute approximate surface area is 160 Å². The van der Waals surface area contributed by atoms with Gasteiger partial charge in [0.2, 0.25) is 0 Å². The Balaban J connectivity index is 1.75. The molecule has 2 N–H and O–H groups in total. The second-order valence-electron chi connectivity index (χ2n) is 5.53. The van der Waals surface area contributed by atoms with E-state index >= 15 is 0 Å². The van der Waals surface area contributed by atoms with Crippen molar-refractivity contribution in [2.45, 2.75) is 27.8 Å². The fourth-order valence-corrected chi connectivity index (χ4v) is 5.33. The molecule has 3 rings (SSSR count). The highest BCUT2D eigenvalue weighted by Crippen LogP contribution is 2.39. The van der Waals surface area contributed by atoms with Crippen molar-refractivity contribution in [3.63, 3.8) is 0 Å². The van der Waals surface area contributed by atoms with E-state index in [0.717, 1.165) is 4.21 Å². The normalized spacial score (nSPS) is 12.1. The highest BCUT2D eigenvalue weighted by atomic mass is 32.2. The van der Waals surface area contributed by atoms with Gasteiger partial charge in [-0.15, -0.1) is 23.5 Å². The molecule has 1 aromatic heterocycles. The van der Waals surface area contributed by atoms with Crippen LogP contribution in [0.25, 0.3) is 0 Å². The van der Waals surface area contributed by atoms with Crippen LogP contribution in [-0.2, 0) is 6.54 Å². The predicted octanol–water partition coefficient (Wildman–Crippen LogP) is 5.62. The maximum absolute atomic E-state index is 12.2. The molecule has 130 valence electrons. The van der Waals surface area contributed by atoms with Gasteiger partial charge in [-0.05, 0) is 41.9 Å². The number of hydrogen-bond acceptors (Lipinski definition) is 5. The molecule has 0 bridgehead atoms. The summed E-state index contributed by atoms with van der Waals surface area (Å²) in [7, 11) is 0. The van der Waals surface area contributed by atoms with Crippen LogP contribution >= 0.6 is 35.1 Å². The summed E-state index contributed by atoms with van der Waals surface area (Å²) in [6.45, 7) is 2.81. The number of thioether (sulfide) groups is 2. The zero-order valence-corrected chi connectivity index (χ0v) is 16.6. The summed E-state index contributed by atoms with van der Waals surface area (Å²) in [5.74, 6) is 0. The molecule has 25 heavy (non-hydrogen) atoms. The summed E-state index contributed by atoms with van der Waals surface area (Å²) in [5.41, 5.74) is 3.09. The van der Waals surface area contributed by atoms with Crippen LogP contribution in [0.4, 0.5) is 5.69 Å². The first kappa shape index (κ1) is 18.2. The third kappa shape index (κ3) is 4.51. The van der Waals surface area contributed by atoms with Gasteiger partial charge in [-0.2, -0.15) is 0 Å². The third-order valence-electron chi connectivity index (χ3n) is 3.87. The molecule has 0 saturated heterocycles. The van der Waals surface area contributed by atoms with Crippen LogP contribution in [0.1, 0.15) is 23.3 Å².